The predicted octanol–water partition coefficient (Wildman–Crippen LogP) is 1.16. The lowest BCUT2D eigenvalue weighted by Crippen LogP contribution is -2.25. The number of carbonyl (C=O) groups excluding carboxylic acids is 1. The number of benzene rings is 1. The Balaban J connectivity index is 2.40. The average Bonchev–Trinajstić information content (AvgIpc) is 2.76. The van der Waals surface area contributed by atoms with Crippen molar-refractivity contribution in [3.05, 3.63) is 35.5 Å². The Labute approximate surface area is 109 Å². The van der Waals surface area contributed by atoms with Crippen molar-refractivity contribution in [1.82, 2.24) is 10.3 Å². The molecule has 0 aliphatic carbocycles. The Kier molecular flexibility index (Phi) is 3.53. The smallest absolute Gasteiger partial charge is 0.352 e. The number of carboxylic acids is 1. The van der Waals surface area contributed by atoms with Gasteiger partial charge < -0.3 is 15.4 Å². The second-order valence-corrected chi connectivity index (χ2v) is 3.99. The molecule has 1 aromatic carbocycles. The zero-order valence-corrected chi connectivity index (χ0v) is 10.1. The van der Waals surface area contributed by atoms with Gasteiger partial charge in [-0.15, -0.1) is 6.42 Å². The molecule has 0 fully saturated rings. The number of rotatable bonds is 4. The summed E-state index contributed by atoms with van der Waals surface area (Å²) in [5.41, 5.74) is 1.20. The van der Waals surface area contributed by atoms with E-state index in [0.717, 1.165) is 5.39 Å². The number of hydrogen-bond donors (Lipinski definition) is 3. The van der Waals surface area contributed by atoms with Crippen LogP contribution in [-0.2, 0) is 11.2 Å². The summed E-state index contributed by atoms with van der Waals surface area (Å²) in [6.07, 6.45) is 5.03. The van der Waals surface area contributed by atoms with Crippen LogP contribution in [0.15, 0.2) is 24.3 Å². The van der Waals surface area contributed by atoms with E-state index in [1.165, 1.54) is 0 Å². The number of aromatic nitrogens is 1. The van der Waals surface area contributed by atoms with Gasteiger partial charge in [0.15, 0.2) is 0 Å². The van der Waals surface area contributed by atoms with Crippen molar-refractivity contribution >= 4 is 22.8 Å². The summed E-state index contributed by atoms with van der Waals surface area (Å²) in [4.78, 5) is 25.7. The molecule has 1 amide bonds. The molecule has 2 rings (SSSR count). The fourth-order valence-corrected chi connectivity index (χ4v) is 1.94. The molecule has 1 heterocycles. The highest BCUT2D eigenvalue weighted by molar-refractivity contribution is 5.99. The fourth-order valence-electron chi connectivity index (χ4n) is 1.94. The first kappa shape index (κ1) is 12.7. The molecular formula is C14H12N2O3. The first-order valence-electron chi connectivity index (χ1n) is 5.66. The molecule has 0 saturated heterocycles. The lowest BCUT2D eigenvalue weighted by Gasteiger charge is -2.02. The Morgan fingerprint density at radius 1 is 1.37 bits per heavy atom. The highest BCUT2D eigenvalue weighted by atomic mass is 16.4. The molecule has 0 saturated carbocycles. The SMILES string of the molecule is C#CCNC(=O)Cc1c(C(=O)O)[nH]c2ccccc12. The summed E-state index contributed by atoms with van der Waals surface area (Å²) in [6, 6.07) is 7.14. The van der Waals surface area contributed by atoms with Crippen molar-refractivity contribution < 1.29 is 14.7 Å². The van der Waals surface area contributed by atoms with Crippen LogP contribution in [0.3, 0.4) is 0 Å². The second kappa shape index (κ2) is 5.27. The Morgan fingerprint density at radius 2 is 2.11 bits per heavy atom. The van der Waals surface area contributed by atoms with Gasteiger partial charge in [-0.1, -0.05) is 24.1 Å². The van der Waals surface area contributed by atoms with Gasteiger partial charge in [-0.3, -0.25) is 4.79 Å². The maximum atomic E-state index is 11.7. The minimum Gasteiger partial charge on any atom is -0.477 e. The number of aromatic carboxylic acids is 1. The molecule has 0 aliphatic rings. The van der Waals surface area contributed by atoms with Crippen molar-refractivity contribution in [3.63, 3.8) is 0 Å². The van der Waals surface area contributed by atoms with E-state index in [1.54, 1.807) is 24.3 Å². The second-order valence-electron chi connectivity index (χ2n) is 3.99. The van der Waals surface area contributed by atoms with Gasteiger partial charge in [0.25, 0.3) is 0 Å². The zero-order chi connectivity index (χ0) is 13.8. The van der Waals surface area contributed by atoms with Gasteiger partial charge in [0.1, 0.15) is 5.69 Å². The van der Waals surface area contributed by atoms with Crippen LogP contribution in [0.25, 0.3) is 10.9 Å². The minimum atomic E-state index is -1.09. The molecule has 19 heavy (non-hydrogen) atoms. The molecule has 0 unspecified atom stereocenters. The first-order valence-corrected chi connectivity index (χ1v) is 5.66. The Bertz CT molecular complexity index is 680. The number of carbonyl (C=O) groups is 2. The number of nitrogens with one attached hydrogen (secondary N) is 2. The molecule has 5 heteroatoms. The van der Waals surface area contributed by atoms with Crippen molar-refractivity contribution in [2.24, 2.45) is 0 Å². The molecule has 0 bridgehead atoms. The molecule has 0 atom stereocenters. The fraction of sp³-hybridized carbons (Fsp3) is 0.143. The summed E-state index contributed by atoms with van der Waals surface area (Å²) in [6.45, 7) is 0.129. The summed E-state index contributed by atoms with van der Waals surface area (Å²) >= 11 is 0. The summed E-state index contributed by atoms with van der Waals surface area (Å²) in [5, 5.41) is 12.4. The summed E-state index contributed by atoms with van der Waals surface area (Å²) < 4.78 is 0. The van der Waals surface area contributed by atoms with Crippen LogP contribution in [0.5, 0.6) is 0 Å². The molecule has 3 N–H and O–H groups in total. The summed E-state index contributed by atoms with van der Waals surface area (Å²) in [5.74, 6) is 0.909. The number of H-pyrrole nitrogens is 1. The van der Waals surface area contributed by atoms with Crippen LogP contribution >= 0.6 is 0 Å². The van der Waals surface area contributed by atoms with E-state index in [4.69, 9.17) is 11.5 Å². The van der Waals surface area contributed by atoms with E-state index in [0.29, 0.717) is 11.1 Å². The third-order valence-corrected chi connectivity index (χ3v) is 2.75. The minimum absolute atomic E-state index is 0.0205. The monoisotopic (exact) mass is 256 g/mol. The van der Waals surface area contributed by atoms with Crippen LogP contribution in [0.4, 0.5) is 0 Å². The van der Waals surface area contributed by atoms with Gasteiger partial charge in [-0.05, 0) is 6.07 Å². The number of para-hydroxylation sites is 1. The van der Waals surface area contributed by atoms with E-state index in [2.05, 4.69) is 16.2 Å². The van der Waals surface area contributed by atoms with Gasteiger partial charge in [-0.25, -0.2) is 4.79 Å². The normalized spacial score (nSPS) is 10.1. The Hall–Kier alpha value is -2.74. The molecule has 0 aliphatic heterocycles. The molecule has 5 nitrogen and oxygen atoms in total. The lowest BCUT2D eigenvalue weighted by atomic mass is 10.1. The maximum Gasteiger partial charge on any atom is 0.352 e. The highest BCUT2D eigenvalue weighted by Gasteiger charge is 2.18. The van der Waals surface area contributed by atoms with Gasteiger partial charge in [-0.2, -0.15) is 0 Å². The quantitative estimate of drug-likeness (QED) is 0.718. The number of hydrogen-bond acceptors (Lipinski definition) is 2. The maximum absolute atomic E-state index is 11.7. The number of fused-ring (bicyclic) bond motifs is 1. The Morgan fingerprint density at radius 3 is 2.79 bits per heavy atom. The highest BCUT2D eigenvalue weighted by Crippen LogP contribution is 2.22. The number of terminal acetylenes is 1. The third-order valence-electron chi connectivity index (χ3n) is 2.75. The van der Waals surface area contributed by atoms with Gasteiger partial charge in [0.2, 0.25) is 5.91 Å². The van der Waals surface area contributed by atoms with Crippen molar-refractivity contribution in [2.75, 3.05) is 6.54 Å². The third kappa shape index (κ3) is 2.58. The van der Waals surface area contributed by atoms with Gasteiger partial charge in [0, 0.05) is 16.5 Å². The van der Waals surface area contributed by atoms with Crippen LogP contribution in [0.2, 0.25) is 0 Å². The topological polar surface area (TPSA) is 82.2 Å². The van der Waals surface area contributed by atoms with E-state index in [-0.39, 0.29) is 24.6 Å². The summed E-state index contributed by atoms with van der Waals surface area (Å²) in [7, 11) is 0. The largest absolute Gasteiger partial charge is 0.477 e. The van der Waals surface area contributed by atoms with Crippen molar-refractivity contribution in [3.8, 4) is 12.3 Å². The van der Waals surface area contributed by atoms with E-state index >= 15 is 0 Å². The molecule has 0 radical (unpaired) electrons. The molecule has 2 aromatic rings. The first-order chi connectivity index (χ1) is 9.13. The van der Waals surface area contributed by atoms with Gasteiger partial charge >= 0.3 is 5.97 Å². The van der Waals surface area contributed by atoms with Gasteiger partial charge in [0.05, 0.1) is 13.0 Å². The van der Waals surface area contributed by atoms with Crippen LogP contribution in [-0.4, -0.2) is 28.5 Å². The molecule has 96 valence electrons. The van der Waals surface area contributed by atoms with E-state index in [1.807, 2.05) is 0 Å². The van der Waals surface area contributed by atoms with Crippen LogP contribution < -0.4 is 5.32 Å². The molecular weight excluding hydrogens is 244 g/mol. The number of amides is 1. The zero-order valence-electron chi connectivity index (χ0n) is 10.1. The van der Waals surface area contributed by atoms with Crippen molar-refractivity contribution in [1.29, 1.82) is 0 Å². The van der Waals surface area contributed by atoms with Crippen molar-refractivity contribution in [2.45, 2.75) is 6.42 Å². The molecule has 1 aromatic heterocycles. The number of aromatic amines is 1. The lowest BCUT2D eigenvalue weighted by molar-refractivity contribution is -0.120. The van der Waals surface area contributed by atoms with E-state index < -0.39 is 5.97 Å². The standard InChI is InChI=1S/C14H12N2O3/c1-2-7-15-12(17)8-10-9-5-3-4-6-11(9)16-13(10)14(18)19/h1,3-6,16H,7-8H2,(H,15,17)(H,18,19). The number of carboxylic acid groups (broad SMARTS) is 1. The average molecular weight is 256 g/mol. The van der Waals surface area contributed by atoms with Crippen LogP contribution in [0.1, 0.15) is 16.1 Å². The molecule has 0 spiro atoms. The predicted molar refractivity (Wildman–Crippen MR) is 70.8 cm³/mol. The van der Waals surface area contributed by atoms with E-state index in [9.17, 15) is 9.59 Å². The van der Waals surface area contributed by atoms with Crippen LogP contribution in [0, 0.1) is 12.3 Å².